The zero-order valence-electron chi connectivity index (χ0n) is 8.74. The molecule has 1 atom stereocenters. The lowest BCUT2D eigenvalue weighted by atomic mass is 10.0. The standard InChI is InChI=1S/C11H12F2O3/c1-16-11(15)5-4-10(14)7-2-3-8(12)9(13)6-7/h2-3,6,10,14H,4-5H2,1H3. The van der Waals surface area contributed by atoms with E-state index < -0.39 is 23.7 Å². The number of methoxy groups -OCH3 is 1. The van der Waals surface area contributed by atoms with E-state index in [2.05, 4.69) is 4.74 Å². The van der Waals surface area contributed by atoms with Crippen molar-refractivity contribution in [2.45, 2.75) is 18.9 Å². The number of benzene rings is 1. The Bertz CT molecular complexity index is 379. The average molecular weight is 230 g/mol. The van der Waals surface area contributed by atoms with Crippen molar-refractivity contribution in [3.8, 4) is 0 Å². The minimum atomic E-state index is -1.02. The molecule has 16 heavy (non-hydrogen) atoms. The topological polar surface area (TPSA) is 46.5 Å². The Kier molecular flexibility index (Phi) is 4.37. The third-order valence-corrected chi connectivity index (χ3v) is 2.18. The molecule has 0 aliphatic rings. The molecule has 0 aliphatic carbocycles. The summed E-state index contributed by atoms with van der Waals surface area (Å²) in [6.07, 6.45) is -0.872. The SMILES string of the molecule is COC(=O)CCC(O)c1ccc(F)c(F)c1. The maximum absolute atomic E-state index is 12.8. The molecule has 1 aromatic carbocycles. The molecule has 5 heteroatoms. The van der Waals surface area contributed by atoms with Crippen LogP contribution in [0.2, 0.25) is 0 Å². The molecule has 0 aromatic heterocycles. The van der Waals surface area contributed by atoms with Crippen LogP contribution in [-0.2, 0) is 9.53 Å². The van der Waals surface area contributed by atoms with E-state index in [0.717, 1.165) is 12.1 Å². The normalized spacial score (nSPS) is 12.2. The summed E-state index contributed by atoms with van der Waals surface area (Å²) in [6.45, 7) is 0. The van der Waals surface area contributed by atoms with Crippen LogP contribution >= 0.6 is 0 Å². The fourth-order valence-electron chi connectivity index (χ4n) is 1.24. The molecule has 0 amide bonds. The Balaban J connectivity index is 2.62. The number of hydrogen-bond acceptors (Lipinski definition) is 3. The van der Waals surface area contributed by atoms with Gasteiger partial charge in [-0.15, -0.1) is 0 Å². The summed E-state index contributed by atoms with van der Waals surface area (Å²) in [7, 11) is 1.24. The molecular formula is C11H12F2O3. The first kappa shape index (κ1) is 12.6. The number of halogens is 2. The second-order valence-corrected chi connectivity index (χ2v) is 3.30. The van der Waals surface area contributed by atoms with Gasteiger partial charge in [0.25, 0.3) is 0 Å². The quantitative estimate of drug-likeness (QED) is 0.804. The summed E-state index contributed by atoms with van der Waals surface area (Å²) >= 11 is 0. The van der Waals surface area contributed by atoms with Gasteiger partial charge in [0.1, 0.15) is 0 Å². The maximum Gasteiger partial charge on any atom is 0.305 e. The van der Waals surface area contributed by atoms with Crippen LogP contribution in [0.5, 0.6) is 0 Å². The van der Waals surface area contributed by atoms with E-state index in [4.69, 9.17) is 0 Å². The summed E-state index contributed by atoms with van der Waals surface area (Å²) in [5.74, 6) is -2.44. The van der Waals surface area contributed by atoms with Crippen LogP contribution in [-0.4, -0.2) is 18.2 Å². The smallest absolute Gasteiger partial charge is 0.305 e. The van der Waals surface area contributed by atoms with E-state index in [0.29, 0.717) is 0 Å². The van der Waals surface area contributed by atoms with Crippen molar-refractivity contribution in [1.82, 2.24) is 0 Å². The summed E-state index contributed by atoms with van der Waals surface area (Å²) in [4.78, 5) is 10.8. The van der Waals surface area contributed by atoms with Crippen LogP contribution in [0.1, 0.15) is 24.5 Å². The largest absolute Gasteiger partial charge is 0.469 e. The van der Waals surface area contributed by atoms with Gasteiger partial charge in [-0.3, -0.25) is 4.79 Å². The van der Waals surface area contributed by atoms with Gasteiger partial charge in [-0.05, 0) is 24.1 Å². The van der Waals surface area contributed by atoms with Gasteiger partial charge in [0.15, 0.2) is 11.6 Å². The summed E-state index contributed by atoms with van der Waals surface area (Å²) in [6, 6.07) is 3.13. The Morgan fingerprint density at radius 2 is 2.12 bits per heavy atom. The highest BCUT2D eigenvalue weighted by Gasteiger charge is 2.12. The van der Waals surface area contributed by atoms with Crippen molar-refractivity contribution >= 4 is 5.97 Å². The molecule has 0 saturated carbocycles. The molecule has 0 bridgehead atoms. The van der Waals surface area contributed by atoms with Crippen molar-refractivity contribution < 1.29 is 23.4 Å². The van der Waals surface area contributed by atoms with Crippen molar-refractivity contribution in [1.29, 1.82) is 0 Å². The highest BCUT2D eigenvalue weighted by molar-refractivity contribution is 5.69. The zero-order valence-corrected chi connectivity index (χ0v) is 8.74. The van der Waals surface area contributed by atoms with Crippen molar-refractivity contribution in [2.24, 2.45) is 0 Å². The second-order valence-electron chi connectivity index (χ2n) is 3.30. The van der Waals surface area contributed by atoms with Gasteiger partial charge in [-0.25, -0.2) is 8.78 Å². The predicted octanol–water partition coefficient (Wildman–Crippen LogP) is 1.95. The molecule has 88 valence electrons. The van der Waals surface area contributed by atoms with Gasteiger partial charge in [0, 0.05) is 6.42 Å². The van der Waals surface area contributed by atoms with E-state index in [-0.39, 0.29) is 18.4 Å². The molecule has 0 spiro atoms. The molecule has 1 unspecified atom stereocenters. The van der Waals surface area contributed by atoms with Gasteiger partial charge >= 0.3 is 5.97 Å². The molecule has 0 radical (unpaired) electrons. The van der Waals surface area contributed by atoms with Crippen molar-refractivity contribution in [2.75, 3.05) is 7.11 Å². The highest BCUT2D eigenvalue weighted by atomic mass is 19.2. The van der Waals surface area contributed by atoms with Gasteiger partial charge < -0.3 is 9.84 Å². The molecule has 0 aliphatic heterocycles. The number of carbonyl (C=O) groups excluding carboxylic acids is 1. The first-order valence-electron chi connectivity index (χ1n) is 4.74. The third-order valence-electron chi connectivity index (χ3n) is 2.18. The van der Waals surface area contributed by atoms with E-state index in [1.54, 1.807) is 0 Å². The molecule has 0 saturated heterocycles. The Morgan fingerprint density at radius 1 is 1.44 bits per heavy atom. The van der Waals surface area contributed by atoms with E-state index in [9.17, 15) is 18.7 Å². The van der Waals surface area contributed by atoms with Gasteiger partial charge in [-0.1, -0.05) is 6.07 Å². The van der Waals surface area contributed by atoms with Crippen LogP contribution < -0.4 is 0 Å². The number of aliphatic hydroxyl groups is 1. The molecule has 1 N–H and O–H groups in total. The van der Waals surface area contributed by atoms with Crippen LogP contribution in [0.3, 0.4) is 0 Å². The van der Waals surface area contributed by atoms with Crippen LogP contribution in [0.4, 0.5) is 8.78 Å². The van der Waals surface area contributed by atoms with Crippen molar-refractivity contribution in [3.05, 3.63) is 35.4 Å². The lowest BCUT2D eigenvalue weighted by Gasteiger charge is -2.10. The van der Waals surface area contributed by atoms with Crippen molar-refractivity contribution in [3.63, 3.8) is 0 Å². The molecule has 1 rings (SSSR count). The number of rotatable bonds is 4. The Labute approximate surface area is 91.7 Å². The molecular weight excluding hydrogens is 218 g/mol. The van der Waals surface area contributed by atoms with E-state index in [1.165, 1.54) is 13.2 Å². The first-order valence-corrected chi connectivity index (χ1v) is 4.74. The predicted molar refractivity (Wildman–Crippen MR) is 52.6 cm³/mol. The van der Waals surface area contributed by atoms with Gasteiger partial charge in [0.2, 0.25) is 0 Å². The lowest BCUT2D eigenvalue weighted by molar-refractivity contribution is -0.141. The highest BCUT2D eigenvalue weighted by Crippen LogP contribution is 2.20. The van der Waals surface area contributed by atoms with Crippen LogP contribution in [0.25, 0.3) is 0 Å². The Morgan fingerprint density at radius 3 is 2.69 bits per heavy atom. The minimum absolute atomic E-state index is 0.0245. The van der Waals surface area contributed by atoms with E-state index in [1.807, 2.05) is 0 Å². The minimum Gasteiger partial charge on any atom is -0.469 e. The summed E-state index contributed by atoms with van der Waals surface area (Å²) in [5.41, 5.74) is 0.239. The monoisotopic (exact) mass is 230 g/mol. The number of aliphatic hydroxyl groups excluding tert-OH is 1. The number of esters is 1. The third kappa shape index (κ3) is 3.27. The zero-order chi connectivity index (χ0) is 12.1. The molecule has 3 nitrogen and oxygen atoms in total. The first-order chi connectivity index (χ1) is 7.54. The number of hydrogen-bond donors (Lipinski definition) is 1. The summed E-state index contributed by atoms with van der Waals surface area (Å²) < 4.78 is 29.8. The Hall–Kier alpha value is -1.49. The lowest BCUT2D eigenvalue weighted by Crippen LogP contribution is -2.05. The maximum atomic E-state index is 12.8. The second kappa shape index (κ2) is 5.55. The number of carbonyl (C=O) groups is 1. The van der Waals surface area contributed by atoms with Gasteiger partial charge in [-0.2, -0.15) is 0 Å². The summed E-state index contributed by atoms with van der Waals surface area (Å²) in [5, 5.41) is 9.58. The van der Waals surface area contributed by atoms with E-state index >= 15 is 0 Å². The molecule has 1 aromatic rings. The average Bonchev–Trinajstić information content (AvgIpc) is 2.29. The molecule has 0 heterocycles. The van der Waals surface area contributed by atoms with Crippen LogP contribution in [0.15, 0.2) is 18.2 Å². The fraction of sp³-hybridized carbons (Fsp3) is 0.364. The fourth-order valence-corrected chi connectivity index (χ4v) is 1.24. The number of ether oxygens (including phenoxy) is 1. The van der Waals surface area contributed by atoms with Gasteiger partial charge in [0.05, 0.1) is 13.2 Å². The molecule has 0 fully saturated rings. The van der Waals surface area contributed by atoms with Crippen LogP contribution in [0, 0.1) is 11.6 Å².